The zero-order chi connectivity index (χ0) is 20.2. The van der Waals surface area contributed by atoms with E-state index in [0.717, 1.165) is 17.7 Å². The molecule has 2 aromatic rings. The number of carbonyl (C=O) groups excluding carboxylic acids is 1. The number of hydrogen-bond donors (Lipinski definition) is 2. The molecule has 2 rings (SSSR count). The zero-order valence-electron chi connectivity index (χ0n) is 17.4. The molecule has 0 aliphatic rings. The van der Waals surface area contributed by atoms with E-state index in [1.54, 1.807) is 19.0 Å². The number of nitrogens with one attached hydrogen (secondary N) is 2. The second kappa shape index (κ2) is 13.8. The molecule has 0 radical (unpaired) electrons. The number of aliphatic imine (C=N–C) groups is 1. The van der Waals surface area contributed by atoms with Crippen molar-refractivity contribution in [3.05, 3.63) is 65.7 Å². The number of amides is 1. The summed E-state index contributed by atoms with van der Waals surface area (Å²) in [6.45, 7) is 4.08. The van der Waals surface area contributed by atoms with Crippen molar-refractivity contribution >= 4 is 35.8 Å². The molecule has 0 unspecified atom stereocenters. The minimum atomic E-state index is -0.00127. The Bertz CT molecular complexity index is 766. The van der Waals surface area contributed by atoms with Crippen molar-refractivity contribution in [3.63, 3.8) is 0 Å². The average molecular weight is 510 g/mol. The highest BCUT2D eigenvalue weighted by Crippen LogP contribution is 2.13. The summed E-state index contributed by atoms with van der Waals surface area (Å²) < 4.78 is 5.55. The van der Waals surface area contributed by atoms with Crippen LogP contribution in [0.4, 0.5) is 0 Å². The summed E-state index contributed by atoms with van der Waals surface area (Å²) in [5, 5.41) is 6.42. The van der Waals surface area contributed by atoms with Crippen molar-refractivity contribution in [2.45, 2.75) is 19.9 Å². The molecule has 2 N–H and O–H groups in total. The highest BCUT2D eigenvalue weighted by atomic mass is 127. The van der Waals surface area contributed by atoms with Gasteiger partial charge in [0.25, 0.3) is 0 Å². The monoisotopic (exact) mass is 510 g/mol. The molecule has 2 aromatic carbocycles. The van der Waals surface area contributed by atoms with Crippen LogP contribution in [-0.2, 0) is 17.8 Å². The van der Waals surface area contributed by atoms with Gasteiger partial charge in [-0.1, -0.05) is 42.5 Å². The van der Waals surface area contributed by atoms with Crippen molar-refractivity contribution in [3.8, 4) is 5.75 Å². The Morgan fingerprint density at radius 1 is 1.03 bits per heavy atom. The Morgan fingerprint density at radius 2 is 1.76 bits per heavy atom. The number of hydrogen-bond acceptors (Lipinski definition) is 3. The molecule has 0 spiro atoms. The molecule has 0 aliphatic carbocycles. The molecule has 0 aromatic heterocycles. The Labute approximate surface area is 190 Å². The van der Waals surface area contributed by atoms with Gasteiger partial charge in [0.15, 0.2) is 5.96 Å². The largest absolute Gasteiger partial charge is 0.494 e. The fourth-order valence-corrected chi connectivity index (χ4v) is 2.53. The molecule has 0 fully saturated rings. The first kappa shape index (κ1) is 24.7. The molecule has 0 heterocycles. The van der Waals surface area contributed by atoms with Crippen LogP contribution in [0.3, 0.4) is 0 Å². The Kier molecular flexibility index (Phi) is 11.8. The van der Waals surface area contributed by atoms with Gasteiger partial charge in [-0.05, 0) is 36.6 Å². The summed E-state index contributed by atoms with van der Waals surface area (Å²) in [6, 6.07) is 18.1. The van der Waals surface area contributed by atoms with E-state index in [9.17, 15) is 4.79 Å². The number of carbonyl (C=O) groups is 1. The topological polar surface area (TPSA) is 66.0 Å². The van der Waals surface area contributed by atoms with Crippen LogP contribution >= 0.6 is 24.0 Å². The van der Waals surface area contributed by atoms with E-state index in [-0.39, 0.29) is 36.4 Å². The van der Waals surface area contributed by atoms with Gasteiger partial charge in [0.2, 0.25) is 5.91 Å². The van der Waals surface area contributed by atoms with Crippen LogP contribution < -0.4 is 15.4 Å². The third-order valence-corrected chi connectivity index (χ3v) is 4.08. The second-order valence-electron chi connectivity index (χ2n) is 6.55. The first-order chi connectivity index (χ1) is 13.6. The minimum absolute atomic E-state index is 0. The van der Waals surface area contributed by atoms with Gasteiger partial charge in [0.1, 0.15) is 5.75 Å². The maximum Gasteiger partial charge on any atom is 0.241 e. The van der Waals surface area contributed by atoms with E-state index in [4.69, 9.17) is 4.74 Å². The van der Waals surface area contributed by atoms with Gasteiger partial charge in [0.05, 0.1) is 19.7 Å². The highest BCUT2D eigenvalue weighted by molar-refractivity contribution is 14.0. The molecule has 0 bridgehead atoms. The van der Waals surface area contributed by atoms with Crippen LogP contribution in [0.25, 0.3) is 0 Å². The third-order valence-electron chi connectivity index (χ3n) is 4.08. The number of guanidine groups is 1. The summed E-state index contributed by atoms with van der Waals surface area (Å²) in [7, 11) is 3.48. The number of benzene rings is 2. The Morgan fingerprint density at radius 3 is 2.45 bits per heavy atom. The first-order valence-electron chi connectivity index (χ1n) is 9.56. The zero-order valence-corrected chi connectivity index (χ0v) is 19.7. The standard InChI is InChI=1S/C22H30N4O2.HI/c1-4-28-20-12-8-11-18(15-20)13-14-23-22(25-17-21(27)26(2)3)24-16-19-9-6-5-7-10-19;/h5-12,15H,4,13-14,16-17H2,1-3H3,(H2,23,24,25);1H. The van der Waals surface area contributed by atoms with Gasteiger partial charge in [-0.25, -0.2) is 4.99 Å². The number of nitrogens with zero attached hydrogens (tertiary/aromatic N) is 2. The summed E-state index contributed by atoms with van der Waals surface area (Å²) >= 11 is 0. The van der Waals surface area contributed by atoms with Crippen LogP contribution in [0.2, 0.25) is 0 Å². The van der Waals surface area contributed by atoms with Crippen molar-refractivity contribution in [2.24, 2.45) is 4.99 Å². The summed E-state index contributed by atoms with van der Waals surface area (Å²) in [6.07, 6.45) is 0.828. The lowest BCUT2D eigenvalue weighted by molar-refractivity contribution is -0.127. The predicted molar refractivity (Wildman–Crippen MR) is 129 cm³/mol. The fraction of sp³-hybridized carbons (Fsp3) is 0.364. The molecule has 6 nitrogen and oxygen atoms in total. The van der Waals surface area contributed by atoms with Crippen molar-refractivity contribution in [1.29, 1.82) is 0 Å². The summed E-state index contributed by atoms with van der Waals surface area (Å²) in [4.78, 5) is 18.0. The maximum absolute atomic E-state index is 11.9. The SMILES string of the molecule is CCOc1cccc(CCNC(=NCc2ccccc2)NCC(=O)N(C)C)c1.I. The molecule has 1 amide bonds. The van der Waals surface area contributed by atoms with Crippen LogP contribution in [0.5, 0.6) is 5.75 Å². The number of rotatable bonds is 9. The van der Waals surface area contributed by atoms with Crippen LogP contribution in [0.1, 0.15) is 18.1 Å². The quantitative estimate of drug-likeness (QED) is 0.309. The molecular weight excluding hydrogens is 479 g/mol. The normalized spacial score (nSPS) is 10.7. The molecule has 29 heavy (non-hydrogen) atoms. The van der Waals surface area contributed by atoms with Gasteiger partial charge in [0, 0.05) is 20.6 Å². The lowest BCUT2D eigenvalue weighted by atomic mass is 10.1. The van der Waals surface area contributed by atoms with E-state index in [1.807, 2.05) is 49.4 Å². The van der Waals surface area contributed by atoms with Gasteiger partial charge in [-0.15, -0.1) is 24.0 Å². The Hall–Kier alpha value is -2.29. The van der Waals surface area contributed by atoms with Crippen LogP contribution in [0.15, 0.2) is 59.6 Å². The van der Waals surface area contributed by atoms with Crippen LogP contribution in [0, 0.1) is 0 Å². The van der Waals surface area contributed by atoms with Gasteiger partial charge in [-0.3, -0.25) is 4.79 Å². The number of halogens is 1. The molecule has 0 saturated carbocycles. The van der Waals surface area contributed by atoms with E-state index < -0.39 is 0 Å². The minimum Gasteiger partial charge on any atom is -0.494 e. The second-order valence-corrected chi connectivity index (χ2v) is 6.55. The molecule has 0 atom stereocenters. The van der Waals surface area contributed by atoms with Gasteiger partial charge >= 0.3 is 0 Å². The van der Waals surface area contributed by atoms with E-state index in [1.165, 1.54) is 5.56 Å². The molecule has 0 saturated heterocycles. The summed E-state index contributed by atoms with van der Waals surface area (Å²) in [5.74, 6) is 1.51. The fourth-order valence-electron chi connectivity index (χ4n) is 2.53. The number of likely N-dealkylation sites (N-methyl/N-ethyl adjacent to an activating group) is 1. The smallest absolute Gasteiger partial charge is 0.241 e. The van der Waals surface area contributed by atoms with Gasteiger partial charge in [-0.2, -0.15) is 0 Å². The molecule has 158 valence electrons. The van der Waals surface area contributed by atoms with Crippen molar-refractivity contribution < 1.29 is 9.53 Å². The third kappa shape index (κ3) is 9.65. The molecule has 7 heteroatoms. The average Bonchev–Trinajstić information content (AvgIpc) is 2.70. The lowest BCUT2D eigenvalue weighted by Crippen LogP contribution is -2.43. The Balaban J connectivity index is 0.00000420. The van der Waals surface area contributed by atoms with Crippen molar-refractivity contribution in [1.82, 2.24) is 15.5 Å². The maximum atomic E-state index is 11.9. The van der Waals surface area contributed by atoms with Crippen LogP contribution in [-0.4, -0.2) is 50.6 Å². The predicted octanol–water partition coefficient (Wildman–Crippen LogP) is 3.07. The molecular formula is C22H31IN4O2. The number of ether oxygens (including phenoxy) is 1. The van der Waals surface area contributed by atoms with E-state index in [2.05, 4.69) is 27.8 Å². The first-order valence-corrected chi connectivity index (χ1v) is 9.56. The van der Waals surface area contributed by atoms with E-state index >= 15 is 0 Å². The molecule has 0 aliphatic heterocycles. The summed E-state index contributed by atoms with van der Waals surface area (Å²) in [5.41, 5.74) is 2.30. The van der Waals surface area contributed by atoms with Gasteiger partial charge < -0.3 is 20.3 Å². The lowest BCUT2D eigenvalue weighted by Gasteiger charge is -2.15. The van der Waals surface area contributed by atoms with Crippen molar-refractivity contribution in [2.75, 3.05) is 33.8 Å². The van der Waals surface area contributed by atoms with E-state index in [0.29, 0.717) is 25.7 Å². The highest BCUT2D eigenvalue weighted by Gasteiger charge is 2.06.